The van der Waals surface area contributed by atoms with Crippen LogP contribution in [0.2, 0.25) is 0 Å². The van der Waals surface area contributed by atoms with Gasteiger partial charge in [0.25, 0.3) is 5.91 Å². The predicted molar refractivity (Wildman–Crippen MR) is 132 cm³/mol. The van der Waals surface area contributed by atoms with Crippen molar-refractivity contribution >= 4 is 17.5 Å². The molecule has 182 valence electrons. The number of aryl methyl sites for hydroxylation is 1. The van der Waals surface area contributed by atoms with E-state index in [1.807, 2.05) is 24.3 Å². The van der Waals surface area contributed by atoms with Gasteiger partial charge < -0.3 is 19.2 Å². The van der Waals surface area contributed by atoms with Crippen LogP contribution in [-0.4, -0.2) is 31.1 Å². The van der Waals surface area contributed by atoms with Gasteiger partial charge in [-0.3, -0.25) is 14.5 Å². The van der Waals surface area contributed by atoms with Crippen molar-refractivity contribution in [2.24, 2.45) is 0 Å². The zero-order valence-electron chi connectivity index (χ0n) is 19.9. The van der Waals surface area contributed by atoms with E-state index in [9.17, 15) is 9.59 Å². The molecule has 0 bridgehead atoms. The molecule has 1 aliphatic carbocycles. The van der Waals surface area contributed by atoms with Gasteiger partial charge in [-0.2, -0.15) is 0 Å². The molecule has 1 saturated carbocycles. The Hall–Kier alpha value is -3.74. The van der Waals surface area contributed by atoms with Crippen LogP contribution in [0.25, 0.3) is 0 Å². The summed E-state index contributed by atoms with van der Waals surface area (Å²) in [4.78, 5) is 29.2. The van der Waals surface area contributed by atoms with Crippen molar-refractivity contribution < 1.29 is 23.5 Å². The Morgan fingerprint density at radius 3 is 2.43 bits per heavy atom. The van der Waals surface area contributed by atoms with Crippen molar-refractivity contribution in [2.45, 2.75) is 51.1 Å². The van der Waals surface area contributed by atoms with Gasteiger partial charge in [-0.25, -0.2) is 0 Å². The summed E-state index contributed by atoms with van der Waals surface area (Å²) in [6.45, 7) is 2.98. The lowest BCUT2D eigenvalue weighted by molar-refractivity contribution is -0.123. The van der Waals surface area contributed by atoms with E-state index in [1.165, 1.54) is 11.2 Å². The monoisotopic (exact) mass is 474 g/mol. The van der Waals surface area contributed by atoms with Gasteiger partial charge in [0.15, 0.2) is 17.3 Å². The fraction of sp³-hybridized carbons (Fsp3) is 0.357. The molecule has 2 aromatic carbocycles. The molecule has 1 aromatic heterocycles. The van der Waals surface area contributed by atoms with E-state index in [2.05, 4.69) is 12.2 Å². The number of furan rings is 1. The molecule has 3 aromatic rings. The Kier molecular flexibility index (Phi) is 6.75. The van der Waals surface area contributed by atoms with Crippen LogP contribution in [0.1, 0.15) is 60.3 Å². The van der Waals surface area contributed by atoms with E-state index in [4.69, 9.17) is 13.9 Å². The zero-order valence-corrected chi connectivity index (χ0v) is 19.9. The van der Waals surface area contributed by atoms with Crippen LogP contribution < -0.4 is 19.7 Å². The summed E-state index contributed by atoms with van der Waals surface area (Å²) < 4.78 is 16.9. The van der Waals surface area contributed by atoms with Crippen molar-refractivity contribution in [3.8, 4) is 11.5 Å². The second-order valence-electron chi connectivity index (χ2n) is 8.97. The van der Waals surface area contributed by atoms with E-state index in [0.717, 1.165) is 43.2 Å². The highest BCUT2D eigenvalue weighted by Crippen LogP contribution is 2.38. The number of benzene rings is 2. The zero-order chi connectivity index (χ0) is 24.2. The summed E-state index contributed by atoms with van der Waals surface area (Å²) in [6.07, 6.45) is 6.43. The van der Waals surface area contributed by atoms with Gasteiger partial charge in [0.2, 0.25) is 5.91 Å². The number of amides is 2. The van der Waals surface area contributed by atoms with Gasteiger partial charge in [0, 0.05) is 17.8 Å². The maximum Gasteiger partial charge on any atom is 0.294 e. The molecule has 0 unspecified atom stereocenters. The lowest BCUT2D eigenvalue weighted by atomic mass is 9.99. The number of nitrogens with zero attached hydrogens (tertiary/aromatic N) is 1. The fourth-order valence-corrected chi connectivity index (χ4v) is 4.79. The molecule has 1 atom stereocenters. The lowest BCUT2D eigenvalue weighted by Gasteiger charge is -2.32. The summed E-state index contributed by atoms with van der Waals surface area (Å²) in [5.41, 5.74) is 2.42. The van der Waals surface area contributed by atoms with Crippen LogP contribution in [0, 0.1) is 0 Å². The van der Waals surface area contributed by atoms with Gasteiger partial charge in [-0.1, -0.05) is 44.0 Å². The molecule has 7 heteroatoms. The molecule has 2 aliphatic rings. The maximum atomic E-state index is 13.8. The van der Waals surface area contributed by atoms with Crippen molar-refractivity contribution in [1.29, 1.82) is 0 Å². The molecule has 0 spiro atoms. The molecule has 1 aliphatic heterocycles. The highest BCUT2D eigenvalue weighted by molar-refractivity contribution is 6.08. The average molecular weight is 475 g/mol. The second kappa shape index (κ2) is 10.3. The minimum Gasteiger partial charge on any atom is -0.486 e. The first-order valence-corrected chi connectivity index (χ1v) is 12.3. The predicted octanol–water partition coefficient (Wildman–Crippen LogP) is 5.06. The first kappa shape index (κ1) is 23.0. The Morgan fingerprint density at radius 1 is 1.00 bits per heavy atom. The topological polar surface area (TPSA) is 81.0 Å². The quantitative estimate of drug-likeness (QED) is 0.518. The molecule has 35 heavy (non-hydrogen) atoms. The minimum atomic E-state index is -0.887. The number of carbonyl (C=O) groups excluding carboxylic acids is 2. The van der Waals surface area contributed by atoms with Crippen LogP contribution in [0.4, 0.5) is 5.69 Å². The molecule has 0 radical (unpaired) electrons. The summed E-state index contributed by atoms with van der Waals surface area (Å²) in [5.74, 6) is 0.699. The minimum absolute atomic E-state index is 0.112. The molecule has 5 rings (SSSR count). The highest BCUT2D eigenvalue weighted by Gasteiger charge is 2.36. The van der Waals surface area contributed by atoms with Crippen LogP contribution in [0.15, 0.2) is 65.3 Å². The van der Waals surface area contributed by atoms with Gasteiger partial charge in [0.1, 0.15) is 19.3 Å². The normalized spacial score (nSPS) is 16.0. The molecular weight excluding hydrogens is 444 g/mol. The van der Waals surface area contributed by atoms with E-state index < -0.39 is 11.9 Å². The molecule has 1 N–H and O–H groups in total. The van der Waals surface area contributed by atoms with Crippen molar-refractivity contribution in [1.82, 2.24) is 5.32 Å². The third kappa shape index (κ3) is 4.90. The third-order valence-electron chi connectivity index (χ3n) is 6.67. The standard InChI is InChI=1S/C28H30N2O5/c1-2-19-9-11-20(12-10-19)26(27(31)29-21-6-3-4-7-21)30(28(32)24-8-5-15-33-24)22-13-14-23-25(18-22)35-17-16-34-23/h5,8-15,18,21,26H,2-4,6-7,16-17H2,1H3,(H,29,31)/t26-/m1/s1. The first-order chi connectivity index (χ1) is 17.1. The Labute approximate surface area is 205 Å². The smallest absolute Gasteiger partial charge is 0.294 e. The molecule has 2 heterocycles. The molecular formula is C28H30N2O5. The lowest BCUT2D eigenvalue weighted by Crippen LogP contribution is -2.46. The Bertz CT molecular complexity index is 1170. The molecule has 7 nitrogen and oxygen atoms in total. The van der Waals surface area contributed by atoms with Crippen LogP contribution in [0.3, 0.4) is 0 Å². The van der Waals surface area contributed by atoms with Gasteiger partial charge in [-0.15, -0.1) is 0 Å². The summed E-state index contributed by atoms with van der Waals surface area (Å²) in [5, 5.41) is 3.20. The number of fused-ring (bicyclic) bond motifs is 1. The number of ether oxygens (including phenoxy) is 2. The first-order valence-electron chi connectivity index (χ1n) is 12.3. The number of hydrogen-bond donors (Lipinski definition) is 1. The van der Waals surface area contributed by atoms with Crippen LogP contribution in [-0.2, 0) is 11.2 Å². The van der Waals surface area contributed by atoms with E-state index in [-0.39, 0.29) is 17.7 Å². The van der Waals surface area contributed by atoms with Gasteiger partial charge in [-0.05, 0) is 54.7 Å². The van der Waals surface area contributed by atoms with E-state index in [0.29, 0.717) is 30.4 Å². The Balaban J connectivity index is 1.60. The number of rotatable bonds is 7. The number of hydrogen-bond acceptors (Lipinski definition) is 5. The summed E-state index contributed by atoms with van der Waals surface area (Å²) >= 11 is 0. The van der Waals surface area contributed by atoms with Crippen LogP contribution >= 0.6 is 0 Å². The maximum absolute atomic E-state index is 13.8. The average Bonchev–Trinajstić information content (AvgIpc) is 3.61. The largest absolute Gasteiger partial charge is 0.486 e. The third-order valence-corrected chi connectivity index (χ3v) is 6.67. The van der Waals surface area contributed by atoms with Crippen molar-refractivity contribution in [3.63, 3.8) is 0 Å². The SMILES string of the molecule is CCc1ccc([C@H](C(=O)NC2CCCC2)N(C(=O)c2ccco2)c2ccc3c(c2)OCCO3)cc1. The van der Waals surface area contributed by atoms with Crippen molar-refractivity contribution in [2.75, 3.05) is 18.1 Å². The number of anilines is 1. The summed E-state index contributed by atoms with van der Waals surface area (Å²) in [6, 6.07) is 15.7. The molecule has 2 amide bonds. The highest BCUT2D eigenvalue weighted by atomic mass is 16.6. The van der Waals surface area contributed by atoms with E-state index >= 15 is 0 Å². The van der Waals surface area contributed by atoms with Crippen molar-refractivity contribution in [3.05, 3.63) is 77.7 Å². The second-order valence-corrected chi connectivity index (χ2v) is 8.97. The van der Waals surface area contributed by atoms with E-state index in [1.54, 1.807) is 30.3 Å². The number of nitrogens with one attached hydrogen (secondary N) is 1. The van der Waals surface area contributed by atoms with Gasteiger partial charge in [0.05, 0.1) is 6.26 Å². The number of carbonyl (C=O) groups is 2. The molecule has 0 saturated heterocycles. The molecule has 1 fully saturated rings. The fourth-order valence-electron chi connectivity index (χ4n) is 4.79. The summed E-state index contributed by atoms with van der Waals surface area (Å²) in [7, 11) is 0. The Morgan fingerprint density at radius 2 is 1.74 bits per heavy atom. The van der Waals surface area contributed by atoms with Crippen LogP contribution in [0.5, 0.6) is 11.5 Å². The van der Waals surface area contributed by atoms with Gasteiger partial charge >= 0.3 is 0 Å².